The average Bonchev–Trinajstić information content (AvgIpc) is 2.31. The topological polar surface area (TPSA) is 69.0 Å². The molecule has 0 unspecified atom stereocenters. The van der Waals surface area contributed by atoms with Gasteiger partial charge in [0.2, 0.25) is 9.05 Å². The van der Waals surface area contributed by atoms with Gasteiger partial charge in [-0.05, 0) is 18.6 Å². The second kappa shape index (κ2) is 5.07. The monoisotopic (exact) mass is 286 g/mol. The molecule has 0 spiro atoms. The van der Waals surface area contributed by atoms with Crippen LogP contribution in [0.2, 0.25) is 0 Å². The van der Waals surface area contributed by atoms with Crippen LogP contribution in [0, 0.1) is 0 Å². The van der Waals surface area contributed by atoms with E-state index < -0.39 is 9.05 Å². The molecule has 2 aromatic rings. The van der Waals surface area contributed by atoms with Gasteiger partial charge in [-0.3, -0.25) is 9.36 Å². The quantitative estimate of drug-likeness (QED) is 0.796. The van der Waals surface area contributed by atoms with E-state index in [0.717, 1.165) is 0 Å². The van der Waals surface area contributed by atoms with Crippen LogP contribution < -0.4 is 5.56 Å². The van der Waals surface area contributed by atoms with E-state index in [9.17, 15) is 13.2 Å². The number of benzene rings is 1. The van der Waals surface area contributed by atoms with Crippen molar-refractivity contribution in [1.29, 1.82) is 0 Å². The number of para-hydroxylation sites is 1. The maximum atomic E-state index is 12.0. The van der Waals surface area contributed by atoms with Gasteiger partial charge in [-0.2, -0.15) is 0 Å². The highest BCUT2D eigenvalue weighted by Crippen LogP contribution is 2.05. The molecule has 5 nitrogen and oxygen atoms in total. The van der Waals surface area contributed by atoms with Crippen molar-refractivity contribution in [2.75, 3.05) is 5.75 Å². The van der Waals surface area contributed by atoms with Crippen LogP contribution in [-0.4, -0.2) is 23.7 Å². The first-order chi connectivity index (χ1) is 8.47. The average molecular weight is 287 g/mol. The Morgan fingerprint density at radius 3 is 2.72 bits per heavy atom. The lowest BCUT2D eigenvalue weighted by Gasteiger charge is -2.05. The van der Waals surface area contributed by atoms with Crippen molar-refractivity contribution in [1.82, 2.24) is 9.55 Å². The Kier molecular flexibility index (Phi) is 3.68. The van der Waals surface area contributed by atoms with E-state index in [-0.39, 0.29) is 24.3 Å². The van der Waals surface area contributed by atoms with Gasteiger partial charge in [0.15, 0.2) is 0 Å². The van der Waals surface area contributed by atoms with Gasteiger partial charge < -0.3 is 0 Å². The van der Waals surface area contributed by atoms with Crippen LogP contribution in [0.15, 0.2) is 35.4 Å². The van der Waals surface area contributed by atoms with Crippen molar-refractivity contribution in [2.45, 2.75) is 13.0 Å². The molecule has 0 aliphatic heterocycles. The summed E-state index contributed by atoms with van der Waals surface area (Å²) in [6.45, 7) is 0.280. The van der Waals surface area contributed by atoms with Crippen molar-refractivity contribution < 1.29 is 8.42 Å². The number of halogens is 1. The molecule has 0 aliphatic rings. The summed E-state index contributed by atoms with van der Waals surface area (Å²) in [6, 6.07) is 7.02. The summed E-state index contributed by atoms with van der Waals surface area (Å²) in [5.74, 6) is -0.159. The third-order valence-electron chi connectivity index (χ3n) is 2.52. The Morgan fingerprint density at radius 1 is 1.28 bits per heavy atom. The lowest BCUT2D eigenvalue weighted by atomic mass is 10.2. The molecular weight excluding hydrogens is 276 g/mol. The lowest BCUT2D eigenvalue weighted by molar-refractivity contribution is 0.595. The predicted octanol–water partition coefficient (Wildman–Crippen LogP) is 1.36. The molecule has 18 heavy (non-hydrogen) atoms. The zero-order valence-corrected chi connectivity index (χ0v) is 11.0. The Morgan fingerprint density at radius 2 is 2.00 bits per heavy atom. The van der Waals surface area contributed by atoms with E-state index in [4.69, 9.17) is 10.7 Å². The number of aryl methyl sites for hydroxylation is 1. The summed E-state index contributed by atoms with van der Waals surface area (Å²) in [5.41, 5.74) is 0.455. The van der Waals surface area contributed by atoms with E-state index in [1.165, 1.54) is 10.9 Å². The SMILES string of the molecule is O=c1c2ccccc2ncn1CCCS(=O)(=O)Cl. The van der Waals surface area contributed by atoms with Crippen molar-refractivity contribution >= 4 is 30.6 Å². The third-order valence-corrected chi connectivity index (χ3v) is 3.76. The number of fused-ring (bicyclic) bond motifs is 1. The van der Waals surface area contributed by atoms with Gasteiger partial charge in [0.1, 0.15) is 0 Å². The summed E-state index contributed by atoms with van der Waals surface area (Å²) >= 11 is 0. The Labute approximate surface area is 108 Å². The molecule has 0 radical (unpaired) electrons. The molecule has 0 saturated carbocycles. The normalized spacial score (nSPS) is 11.8. The van der Waals surface area contributed by atoms with Crippen LogP contribution in [0.4, 0.5) is 0 Å². The maximum absolute atomic E-state index is 12.0. The van der Waals surface area contributed by atoms with Crippen LogP contribution in [0.25, 0.3) is 10.9 Å². The van der Waals surface area contributed by atoms with Crippen molar-refractivity contribution in [3.63, 3.8) is 0 Å². The fourth-order valence-electron chi connectivity index (χ4n) is 1.67. The third kappa shape index (κ3) is 3.08. The summed E-state index contributed by atoms with van der Waals surface area (Å²) in [7, 11) is 1.59. The van der Waals surface area contributed by atoms with Gasteiger partial charge in [0, 0.05) is 17.2 Å². The zero-order valence-electron chi connectivity index (χ0n) is 9.41. The molecule has 96 valence electrons. The minimum Gasteiger partial charge on any atom is -0.299 e. The molecule has 0 atom stereocenters. The minimum atomic E-state index is -3.51. The summed E-state index contributed by atoms with van der Waals surface area (Å²) < 4.78 is 23.0. The largest absolute Gasteiger partial charge is 0.299 e. The number of rotatable bonds is 4. The van der Waals surface area contributed by atoms with E-state index in [0.29, 0.717) is 10.9 Å². The van der Waals surface area contributed by atoms with E-state index in [1.807, 2.05) is 0 Å². The van der Waals surface area contributed by atoms with Crippen molar-refractivity contribution in [2.24, 2.45) is 0 Å². The zero-order chi connectivity index (χ0) is 13.2. The molecule has 0 fully saturated rings. The Balaban J connectivity index is 2.25. The second-order valence-corrected chi connectivity index (χ2v) is 6.75. The first-order valence-electron chi connectivity index (χ1n) is 5.34. The lowest BCUT2D eigenvalue weighted by Crippen LogP contribution is -2.21. The number of hydrogen-bond acceptors (Lipinski definition) is 4. The molecule has 0 amide bonds. The summed E-state index contributed by atoms with van der Waals surface area (Å²) in [5, 5.41) is 0.522. The Bertz CT molecular complexity index is 724. The maximum Gasteiger partial charge on any atom is 0.261 e. The molecule has 0 saturated heterocycles. The van der Waals surface area contributed by atoms with E-state index >= 15 is 0 Å². The molecule has 2 rings (SSSR count). The molecule has 0 bridgehead atoms. The molecule has 1 aromatic carbocycles. The van der Waals surface area contributed by atoms with Gasteiger partial charge in [0.05, 0.1) is 23.0 Å². The highest BCUT2D eigenvalue weighted by atomic mass is 35.7. The highest BCUT2D eigenvalue weighted by molar-refractivity contribution is 8.13. The highest BCUT2D eigenvalue weighted by Gasteiger charge is 2.07. The number of hydrogen-bond donors (Lipinski definition) is 0. The Hall–Kier alpha value is -1.40. The summed E-state index contributed by atoms with van der Waals surface area (Å²) in [4.78, 5) is 16.2. The molecule has 0 N–H and O–H groups in total. The van der Waals surface area contributed by atoms with Crippen molar-refractivity contribution in [3.8, 4) is 0 Å². The van der Waals surface area contributed by atoms with Gasteiger partial charge in [-0.15, -0.1) is 0 Å². The van der Waals surface area contributed by atoms with Crippen LogP contribution in [-0.2, 0) is 15.6 Å². The molecule has 1 aromatic heterocycles. The molecule has 1 heterocycles. The minimum absolute atomic E-state index is 0.159. The van der Waals surface area contributed by atoms with Gasteiger partial charge in [-0.1, -0.05) is 12.1 Å². The van der Waals surface area contributed by atoms with E-state index in [1.54, 1.807) is 24.3 Å². The first-order valence-corrected chi connectivity index (χ1v) is 7.82. The summed E-state index contributed by atoms with van der Waals surface area (Å²) in [6.07, 6.45) is 1.71. The van der Waals surface area contributed by atoms with Crippen LogP contribution in [0.1, 0.15) is 6.42 Å². The van der Waals surface area contributed by atoms with Crippen LogP contribution >= 0.6 is 10.7 Å². The number of nitrogens with zero attached hydrogens (tertiary/aromatic N) is 2. The molecular formula is C11H11ClN2O3S. The predicted molar refractivity (Wildman–Crippen MR) is 70.3 cm³/mol. The fourth-order valence-corrected chi connectivity index (χ4v) is 2.47. The fraction of sp³-hybridized carbons (Fsp3) is 0.273. The number of aromatic nitrogens is 2. The van der Waals surface area contributed by atoms with Gasteiger partial charge in [0.25, 0.3) is 5.56 Å². The molecule has 0 aliphatic carbocycles. The molecule has 7 heteroatoms. The van der Waals surface area contributed by atoms with Gasteiger partial charge >= 0.3 is 0 Å². The standard InChI is InChI=1S/C11H11ClN2O3S/c12-18(16,17)7-3-6-14-8-13-10-5-2-1-4-9(10)11(14)15/h1-2,4-5,8H,3,6-7H2. The second-order valence-electron chi connectivity index (χ2n) is 3.86. The smallest absolute Gasteiger partial charge is 0.261 e. The first kappa shape index (κ1) is 13.0. The van der Waals surface area contributed by atoms with E-state index in [2.05, 4.69) is 4.98 Å². The van der Waals surface area contributed by atoms with Crippen LogP contribution in [0.3, 0.4) is 0 Å². The van der Waals surface area contributed by atoms with Crippen molar-refractivity contribution in [3.05, 3.63) is 40.9 Å². The van der Waals surface area contributed by atoms with Gasteiger partial charge in [-0.25, -0.2) is 13.4 Å². The van der Waals surface area contributed by atoms with Crippen LogP contribution in [0.5, 0.6) is 0 Å².